The third-order valence-electron chi connectivity index (χ3n) is 3.07. The fourth-order valence-corrected chi connectivity index (χ4v) is 2.19. The summed E-state index contributed by atoms with van der Waals surface area (Å²) in [5.74, 6) is 0.0962. The van der Waals surface area contributed by atoms with Crippen LogP contribution in [0.25, 0.3) is 22.0 Å². The molecule has 3 aromatic rings. The molecule has 0 amide bonds. The van der Waals surface area contributed by atoms with Gasteiger partial charge in [-0.05, 0) is 17.7 Å². The quantitative estimate of drug-likeness (QED) is 0.708. The molecule has 0 spiro atoms. The minimum absolute atomic E-state index is 0.0962. The lowest BCUT2D eigenvalue weighted by Crippen LogP contribution is -1.94. The van der Waals surface area contributed by atoms with Gasteiger partial charge >= 0.3 is 0 Å². The van der Waals surface area contributed by atoms with Gasteiger partial charge < -0.3 is 5.11 Å². The van der Waals surface area contributed by atoms with Crippen molar-refractivity contribution in [2.45, 2.75) is 0 Å². The van der Waals surface area contributed by atoms with E-state index >= 15 is 0 Å². The van der Waals surface area contributed by atoms with E-state index in [2.05, 4.69) is 4.98 Å². The van der Waals surface area contributed by atoms with Gasteiger partial charge in [-0.15, -0.1) is 0 Å². The lowest BCUT2D eigenvalue weighted by Gasteiger charge is -2.10. The monoisotopic (exact) mass is 249 g/mol. The molecule has 1 heterocycles. The van der Waals surface area contributed by atoms with Gasteiger partial charge in [0.05, 0.1) is 11.1 Å². The van der Waals surface area contributed by atoms with Crippen LogP contribution in [-0.4, -0.2) is 16.4 Å². The molecule has 0 unspecified atom stereocenters. The smallest absolute Gasteiger partial charge is 0.169 e. The van der Waals surface area contributed by atoms with E-state index in [1.807, 2.05) is 42.5 Å². The highest BCUT2D eigenvalue weighted by Gasteiger charge is 2.15. The summed E-state index contributed by atoms with van der Waals surface area (Å²) in [7, 11) is 0. The van der Waals surface area contributed by atoms with E-state index in [9.17, 15) is 9.90 Å². The number of fused-ring (bicyclic) bond motifs is 1. The molecule has 0 atom stereocenters. The first kappa shape index (κ1) is 11.4. The predicted octanol–water partition coefficient (Wildman–Crippen LogP) is 3.42. The number of aldehydes is 1. The number of carbonyl (C=O) groups excluding carboxylic acids is 1. The second kappa shape index (κ2) is 4.53. The molecule has 19 heavy (non-hydrogen) atoms. The van der Waals surface area contributed by atoms with Gasteiger partial charge in [0.1, 0.15) is 11.4 Å². The number of hydrogen-bond donors (Lipinski definition) is 1. The number of benzene rings is 2. The maximum atomic E-state index is 11.2. The SMILES string of the molecule is O=Cc1nc2ccccc2c(O)c1-c1ccccc1. The van der Waals surface area contributed by atoms with Gasteiger partial charge in [-0.2, -0.15) is 0 Å². The van der Waals surface area contributed by atoms with E-state index in [-0.39, 0.29) is 11.4 Å². The van der Waals surface area contributed by atoms with Gasteiger partial charge in [0.15, 0.2) is 6.29 Å². The molecule has 1 N–H and O–H groups in total. The van der Waals surface area contributed by atoms with Gasteiger partial charge in [0.2, 0.25) is 0 Å². The molecule has 0 saturated heterocycles. The normalized spacial score (nSPS) is 10.5. The van der Waals surface area contributed by atoms with Gasteiger partial charge in [-0.25, -0.2) is 4.98 Å². The van der Waals surface area contributed by atoms with E-state index < -0.39 is 0 Å². The van der Waals surface area contributed by atoms with Crippen molar-refractivity contribution in [3.63, 3.8) is 0 Å². The minimum atomic E-state index is 0.0962. The van der Waals surface area contributed by atoms with Gasteiger partial charge in [-0.1, -0.05) is 42.5 Å². The third kappa shape index (κ3) is 1.85. The topological polar surface area (TPSA) is 50.2 Å². The van der Waals surface area contributed by atoms with Gasteiger partial charge in [-0.3, -0.25) is 4.79 Å². The summed E-state index contributed by atoms with van der Waals surface area (Å²) >= 11 is 0. The van der Waals surface area contributed by atoms with Crippen LogP contribution < -0.4 is 0 Å². The Hall–Kier alpha value is -2.68. The van der Waals surface area contributed by atoms with E-state index in [1.165, 1.54) is 0 Å². The van der Waals surface area contributed by atoms with Crippen LogP contribution in [0, 0.1) is 0 Å². The van der Waals surface area contributed by atoms with E-state index in [0.29, 0.717) is 22.8 Å². The Morgan fingerprint density at radius 3 is 2.37 bits per heavy atom. The summed E-state index contributed by atoms with van der Waals surface area (Å²) < 4.78 is 0. The number of carbonyl (C=O) groups is 1. The summed E-state index contributed by atoms with van der Waals surface area (Å²) in [6.45, 7) is 0. The number of nitrogens with zero attached hydrogens (tertiary/aromatic N) is 1. The van der Waals surface area contributed by atoms with E-state index in [4.69, 9.17) is 0 Å². The van der Waals surface area contributed by atoms with Crippen molar-refractivity contribution in [3.8, 4) is 16.9 Å². The lowest BCUT2D eigenvalue weighted by molar-refractivity contribution is 0.111. The molecule has 0 aliphatic carbocycles. The van der Waals surface area contributed by atoms with E-state index in [0.717, 1.165) is 5.56 Å². The Morgan fingerprint density at radius 1 is 0.947 bits per heavy atom. The molecule has 0 saturated carbocycles. The molecule has 0 fully saturated rings. The summed E-state index contributed by atoms with van der Waals surface area (Å²) in [5.41, 5.74) is 2.12. The summed E-state index contributed by atoms with van der Waals surface area (Å²) in [6.07, 6.45) is 0.675. The molecule has 3 heteroatoms. The summed E-state index contributed by atoms with van der Waals surface area (Å²) in [4.78, 5) is 15.5. The van der Waals surface area contributed by atoms with Crippen LogP contribution in [0.2, 0.25) is 0 Å². The molecular weight excluding hydrogens is 238 g/mol. The molecule has 0 aliphatic rings. The highest BCUT2D eigenvalue weighted by molar-refractivity contribution is 5.99. The first-order valence-corrected chi connectivity index (χ1v) is 5.93. The van der Waals surface area contributed by atoms with Gasteiger partial charge in [0, 0.05) is 5.39 Å². The standard InChI is InChI=1S/C16H11NO2/c18-10-14-15(11-6-2-1-3-7-11)16(19)12-8-4-5-9-13(12)17-14/h1-10H,(H,17,19). The number of aromatic nitrogens is 1. The molecule has 92 valence electrons. The molecule has 0 bridgehead atoms. The van der Waals surface area contributed by atoms with Crippen LogP contribution in [0.4, 0.5) is 0 Å². The molecule has 1 aromatic heterocycles. The third-order valence-corrected chi connectivity index (χ3v) is 3.07. The Balaban J connectivity index is 2.40. The molecule has 3 rings (SSSR count). The lowest BCUT2D eigenvalue weighted by atomic mass is 10.0. The van der Waals surface area contributed by atoms with Gasteiger partial charge in [0.25, 0.3) is 0 Å². The second-order valence-corrected chi connectivity index (χ2v) is 4.22. The molecule has 2 aromatic carbocycles. The maximum absolute atomic E-state index is 11.2. The molecular formula is C16H11NO2. The van der Waals surface area contributed by atoms with Crippen molar-refractivity contribution in [3.05, 3.63) is 60.3 Å². The highest BCUT2D eigenvalue weighted by Crippen LogP contribution is 2.36. The van der Waals surface area contributed by atoms with Crippen molar-refractivity contribution in [1.29, 1.82) is 0 Å². The van der Waals surface area contributed by atoms with Crippen molar-refractivity contribution in [2.24, 2.45) is 0 Å². The fourth-order valence-electron chi connectivity index (χ4n) is 2.19. The zero-order chi connectivity index (χ0) is 13.2. The average Bonchev–Trinajstić information content (AvgIpc) is 2.48. The zero-order valence-corrected chi connectivity index (χ0v) is 10.1. The average molecular weight is 249 g/mol. The minimum Gasteiger partial charge on any atom is -0.507 e. The second-order valence-electron chi connectivity index (χ2n) is 4.22. The molecule has 3 nitrogen and oxygen atoms in total. The Kier molecular flexibility index (Phi) is 2.72. The highest BCUT2D eigenvalue weighted by atomic mass is 16.3. The Labute approximate surface area is 110 Å². The van der Waals surface area contributed by atoms with Crippen molar-refractivity contribution in [1.82, 2.24) is 4.98 Å². The number of rotatable bonds is 2. The Bertz CT molecular complexity index is 751. The fraction of sp³-hybridized carbons (Fsp3) is 0. The number of para-hydroxylation sites is 1. The molecule has 0 aliphatic heterocycles. The Morgan fingerprint density at radius 2 is 1.63 bits per heavy atom. The van der Waals surface area contributed by atoms with Crippen LogP contribution in [0.15, 0.2) is 54.6 Å². The van der Waals surface area contributed by atoms with Crippen LogP contribution in [0.3, 0.4) is 0 Å². The predicted molar refractivity (Wildman–Crippen MR) is 74.2 cm³/mol. The largest absolute Gasteiger partial charge is 0.507 e. The first-order valence-electron chi connectivity index (χ1n) is 5.93. The summed E-state index contributed by atoms with van der Waals surface area (Å²) in [5, 5.41) is 11.1. The summed E-state index contributed by atoms with van der Waals surface area (Å²) in [6, 6.07) is 16.5. The van der Waals surface area contributed by atoms with Crippen molar-refractivity contribution in [2.75, 3.05) is 0 Å². The van der Waals surface area contributed by atoms with Crippen LogP contribution in [0.5, 0.6) is 5.75 Å². The van der Waals surface area contributed by atoms with Crippen molar-refractivity contribution >= 4 is 17.2 Å². The number of pyridine rings is 1. The van der Waals surface area contributed by atoms with Crippen LogP contribution >= 0.6 is 0 Å². The number of aromatic hydroxyl groups is 1. The van der Waals surface area contributed by atoms with Crippen LogP contribution in [-0.2, 0) is 0 Å². The van der Waals surface area contributed by atoms with E-state index in [1.54, 1.807) is 12.1 Å². The van der Waals surface area contributed by atoms with Crippen LogP contribution in [0.1, 0.15) is 10.5 Å². The zero-order valence-electron chi connectivity index (χ0n) is 10.1. The maximum Gasteiger partial charge on any atom is 0.169 e. The first-order chi connectivity index (χ1) is 9.31. The number of hydrogen-bond acceptors (Lipinski definition) is 3. The van der Waals surface area contributed by atoms with Crippen molar-refractivity contribution < 1.29 is 9.90 Å². The molecule has 0 radical (unpaired) electrons.